The molecule has 7 nitrogen and oxygen atoms in total. The molecule has 0 radical (unpaired) electrons. The van der Waals surface area contributed by atoms with Crippen LogP contribution in [-0.4, -0.2) is 19.9 Å². The maximum Gasteiger partial charge on any atom is 0.249 e. The van der Waals surface area contributed by atoms with Crippen LogP contribution in [0.2, 0.25) is 0 Å². The summed E-state index contributed by atoms with van der Waals surface area (Å²) in [6.07, 6.45) is 0. The number of hydrogen-bond acceptors (Lipinski definition) is 7. The molecule has 0 atom stereocenters. The van der Waals surface area contributed by atoms with E-state index in [9.17, 15) is 0 Å². The highest BCUT2D eigenvalue weighted by atomic mass is 16.4. The van der Waals surface area contributed by atoms with Crippen LogP contribution in [0.1, 0.15) is 0 Å². The SMILES string of the molecule is c1ccc2cc(-c3ccc4c(ccc5cc(N(c6ccc7nc(-c8ccc9ccccc9c8)oc7n6)c6ccc7nc(-c8ccc9ccccc9c8)oc7n6)ccc54)c3)ccc2c1. The summed E-state index contributed by atoms with van der Waals surface area (Å²) in [5.74, 6) is 2.25. The Morgan fingerprint density at radius 1 is 0.302 bits per heavy atom. The third-order valence-electron chi connectivity index (χ3n) is 12.1. The first-order valence-electron chi connectivity index (χ1n) is 20.9. The topological polar surface area (TPSA) is 81.1 Å². The molecule has 0 spiro atoms. The molecule has 0 saturated heterocycles. The number of nitrogens with zero attached hydrogens (tertiary/aromatic N) is 5. The van der Waals surface area contributed by atoms with Crippen LogP contribution in [0.4, 0.5) is 17.3 Å². The van der Waals surface area contributed by atoms with Gasteiger partial charge in [-0.1, -0.05) is 127 Å². The molecule has 0 aliphatic heterocycles. The number of fused-ring (bicyclic) bond motifs is 8. The first kappa shape index (κ1) is 35.1. The Labute approximate surface area is 360 Å². The highest BCUT2D eigenvalue weighted by Gasteiger charge is 2.21. The summed E-state index contributed by atoms with van der Waals surface area (Å²) < 4.78 is 12.8. The molecule has 294 valence electrons. The van der Waals surface area contributed by atoms with E-state index >= 15 is 0 Å². The minimum Gasteiger partial charge on any atom is -0.418 e. The summed E-state index contributed by atoms with van der Waals surface area (Å²) in [4.78, 5) is 21.9. The molecule has 0 N–H and O–H groups in total. The minimum atomic E-state index is 0.425. The predicted octanol–water partition coefficient (Wildman–Crippen LogP) is 15.0. The summed E-state index contributed by atoms with van der Waals surface area (Å²) in [6.45, 7) is 0. The zero-order valence-corrected chi connectivity index (χ0v) is 33.6. The second-order valence-corrected chi connectivity index (χ2v) is 16.0. The Hall–Kier alpha value is -8.68. The Bertz CT molecular complexity index is 3810. The summed E-state index contributed by atoms with van der Waals surface area (Å²) in [5, 5.41) is 11.6. The molecule has 13 rings (SSSR count). The van der Waals surface area contributed by atoms with Gasteiger partial charge in [0.1, 0.15) is 22.7 Å². The number of anilines is 3. The lowest BCUT2D eigenvalue weighted by molar-refractivity contribution is 0.607. The van der Waals surface area contributed by atoms with Gasteiger partial charge in [0, 0.05) is 16.8 Å². The van der Waals surface area contributed by atoms with E-state index in [0.717, 1.165) is 49.1 Å². The maximum absolute atomic E-state index is 6.40. The van der Waals surface area contributed by atoms with Crippen LogP contribution < -0.4 is 4.90 Å². The number of benzene rings is 9. The van der Waals surface area contributed by atoms with Gasteiger partial charge in [0.25, 0.3) is 0 Å². The monoisotopic (exact) mass is 807 g/mol. The Morgan fingerprint density at radius 3 is 1.22 bits per heavy atom. The van der Waals surface area contributed by atoms with Crippen LogP contribution in [0.5, 0.6) is 0 Å². The van der Waals surface area contributed by atoms with Gasteiger partial charge in [0.15, 0.2) is 0 Å². The van der Waals surface area contributed by atoms with E-state index in [2.05, 4.69) is 140 Å². The lowest BCUT2D eigenvalue weighted by atomic mass is 9.96. The van der Waals surface area contributed by atoms with Crippen LogP contribution in [0.15, 0.2) is 209 Å². The van der Waals surface area contributed by atoms with Gasteiger partial charge < -0.3 is 8.83 Å². The van der Waals surface area contributed by atoms with E-state index in [1.807, 2.05) is 65.6 Å². The van der Waals surface area contributed by atoms with E-state index < -0.39 is 0 Å². The van der Waals surface area contributed by atoms with Gasteiger partial charge in [0.05, 0.1) is 0 Å². The standard InChI is InChI=1S/C56H33N5O2/c1-4-10-37-29-40(16-13-34(37)7-1)41-21-23-47-42(30-41)17-18-43-33-46(22-24-48(43)47)61(51-27-25-49-55(59-51)62-53(57-49)44-19-14-35-8-2-5-11-38(35)31-44)52-28-26-50-56(60-52)63-54(58-50)45-20-15-36-9-3-6-12-39(36)32-45/h1-33H. The highest BCUT2D eigenvalue weighted by Crippen LogP contribution is 2.39. The minimum absolute atomic E-state index is 0.425. The number of rotatable bonds is 6. The van der Waals surface area contributed by atoms with Crippen LogP contribution in [0.25, 0.3) is 110 Å². The molecule has 0 bridgehead atoms. The fraction of sp³-hybridized carbons (Fsp3) is 0. The summed E-state index contributed by atoms with van der Waals surface area (Å²) in [6, 6.07) is 69.6. The fourth-order valence-electron chi connectivity index (χ4n) is 8.88. The Morgan fingerprint density at radius 2 is 0.698 bits per heavy atom. The highest BCUT2D eigenvalue weighted by molar-refractivity contribution is 6.09. The van der Waals surface area contributed by atoms with Crippen LogP contribution in [0.3, 0.4) is 0 Å². The van der Waals surface area contributed by atoms with Crippen LogP contribution in [-0.2, 0) is 0 Å². The first-order valence-corrected chi connectivity index (χ1v) is 20.9. The van der Waals surface area contributed by atoms with Gasteiger partial charge in [-0.3, -0.25) is 4.90 Å². The number of pyridine rings is 2. The molecule has 0 unspecified atom stereocenters. The molecule has 13 aromatic rings. The largest absolute Gasteiger partial charge is 0.418 e. The quantitative estimate of drug-likeness (QED) is 0.155. The number of hydrogen-bond donors (Lipinski definition) is 0. The van der Waals surface area contributed by atoms with Gasteiger partial charge in [-0.05, 0) is 138 Å². The van der Waals surface area contributed by atoms with E-state index in [4.69, 9.17) is 28.8 Å². The molecule has 0 fully saturated rings. The molecule has 63 heavy (non-hydrogen) atoms. The average molecular weight is 808 g/mol. The molecule has 4 heterocycles. The molecule has 0 amide bonds. The summed E-state index contributed by atoms with van der Waals surface area (Å²) in [7, 11) is 0. The van der Waals surface area contributed by atoms with Crippen molar-refractivity contribution in [1.29, 1.82) is 0 Å². The van der Waals surface area contributed by atoms with E-state index in [0.29, 0.717) is 45.9 Å². The summed E-state index contributed by atoms with van der Waals surface area (Å²) >= 11 is 0. The second-order valence-electron chi connectivity index (χ2n) is 16.0. The zero-order valence-electron chi connectivity index (χ0n) is 33.6. The second kappa shape index (κ2) is 13.9. The fourth-order valence-corrected chi connectivity index (χ4v) is 8.88. The van der Waals surface area contributed by atoms with Crippen molar-refractivity contribution in [3.05, 3.63) is 200 Å². The Balaban J connectivity index is 0.922. The lowest BCUT2D eigenvalue weighted by Crippen LogP contribution is -2.13. The van der Waals surface area contributed by atoms with Crippen molar-refractivity contribution < 1.29 is 8.83 Å². The predicted molar refractivity (Wildman–Crippen MR) is 256 cm³/mol. The van der Waals surface area contributed by atoms with E-state index in [1.54, 1.807) is 0 Å². The van der Waals surface area contributed by atoms with E-state index in [-0.39, 0.29) is 0 Å². The van der Waals surface area contributed by atoms with Gasteiger partial charge in [0.2, 0.25) is 23.2 Å². The third kappa shape index (κ3) is 6.05. The van der Waals surface area contributed by atoms with Gasteiger partial charge in [-0.25, -0.2) is 9.97 Å². The van der Waals surface area contributed by atoms with Crippen molar-refractivity contribution in [2.75, 3.05) is 4.90 Å². The number of oxazole rings is 2. The van der Waals surface area contributed by atoms with Crippen molar-refractivity contribution in [1.82, 2.24) is 19.9 Å². The Kier molecular flexibility index (Phi) is 7.77. The van der Waals surface area contributed by atoms with Gasteiger partial charge >= 0.3 is 0 Å². The van der Waals surface area contributed by atoms with Crippen molar-refractivity contribution in [3.8, 4) is 34.0 Å². The van der Waals surface area contributed by atoms with Crippen molar-refractivity contribution in [2.45, 2.75) is 0 Å². The third-order valence-corrected chi connectivity index (χ3v) is 12.1. The maximum atomic E-state index is 6.40. The average Bonchev–Trinajstić information content (AvgIpc) is 3.98. The molecule has 9 aromatic carbocycles. The molecule has 0 saturated carbocycles. The first-order chi connectivity index (χ1) is 31.1. The van der Waals surface area contributed by atoms with Crippen molar-refractivity contribution >= 4 is 93.6 Å². The molecule has 0 aliphatic carbocycles. The van der Waals surface area contributed by atoms with Crippen molar-refractivity contribution in [3.63, 3.8) is 0 Å². The van der Waals surface area contributed by atoms with Gasteiger partial charge in [-0.2, -0.15) is 9.97 Å². The lowest BCUT2D eigenvalue weighted by Gasteiger charge is -2.23. The molecule has 7 heteroatoms. The molecule has 0 aliphatic rings. The van der Waals surface area contributed by atoms with E-state index in [1.165, 1.54) is 32.7 Å². The normalized spacial score (nSPS) is 11.8. The summed E-state index contributed by atoms with van der Waals surface area (Å²) in [5.41, 5.74) is 7.20. The van der Waals surface area contributed by atoms with Gasteiger partial charge in [-0.15, -0.1) is 0 Å². The molecular weight excluding hydrogens is 775 g/mol. The smallest absolute Gasteiger partial charge is 0.249 e. The van der Waals surface area contributed by atoms with Crippen molar-refractivity contribution in [2.24, 2.45) is 0 Å². The molecule has 4 aromatic heterocycles. The van der Waals surface area contributed by atoms with Crippen LogP contribution in [0, 0.1) is 0 Å². The number of aromatic nitrogens is 4. The van der Waals surface area contributed by atoms with Crippen LogP contribution >= 0.6 is 0 Å². The molecular formula is C56H33N5O2. The zero-order chi connectivity index (χ0) is 41.4.